The molecule has 1 amide bonds. The van der Waals surface area contributed by atoms with E-state index in [4.69, 9.17) is 0 Å². The second kappa shape index (κ2) is 7.72. The highest BCUT2D eigenvalue weighted by molar-refractivity contribution is 5.92. The summed E-state index contributed by atoms with van der Waals surface area (Å²) in [5, 5.41) is 6.08. The van der Waals surface area contributed by atoms with Crippen molar-refractivity contribution in [3.05, 3.63) is 47.3 Å². The van der Waals surface area contributed by atoms with Crippen LogP contribution in [-0.2, 0) is 6.42 Å². The minimum absolute atomic E-state index is 0.121. The van der Waals surface area contributed by atoms with Crippen LogP contribution in [0.3, 0.4) is 0 Å². The average Bonchev–Trinajstić information content (AvgIpc) is 2.54. The summed E-state index contributed by atoms with van der Waals surface area (Å²) in [6, 6.07) is 9.93. The molecule has 0 saturated heterocycles. The third-order valence-electron chi connectivity index (χ3n) is 3.70. The van der Waals surface area contributed by atoms with Gasteiger partial charge in [-0.25, -0.2) is 9.97 Å². The summed E-state index contributed by atoms with van der Waals surface area (Å²) < 4.78 is 0. The molecule has 1 heterocycles. The van der Waals surface area contributed by atoms with Crippen LogP contribution in [0.4, 0.5) is 11.6 Å². The Morgan fingerprint density at radius 3 is 2.48 bits per heavy atom. The minimum Gasteiger partial charge on any atom is -0.348 e. The van der Waals surface area contributed by atoms with E-state index in [0.29, 0.717) is 11.6 Å². The second-order valence-electron chi connectivity index (χ2n) is 5.68. The highest BCUT2D eigenvalue weighted by atomic mass is 16.1. The lowest BCUT2D eigenvalue weighted by Crippen LogP contribution is -2.32. The van der Waals surface area contributed by atoms with Gasteiger partial charge in [-0.2, -0.15) is 0 Å². The first-order chi connectivity index (χ1) is 11.0. The Bertz CT molecular complexity index is 667. The van der Waals surface area contributed by atoms with Crippen LogP contribution in [0.1, 0.15) is 48.9 Å². The maximum Gasteiger partial charge on any atom is 0.270 e. The largest absolute Gasteiger partial charge is 0.348 e. The van der Waals surface area contributed by atoms with Gasteiger partial charge in [0.25, 0.3) is 5.91 Å². The molecule has 5 heteroatoms. The summed E-state index contributed by atoms with van der Waals surface area (Å²) in [4.78, 5) is 20.9. The first kappa shape index (κ1) is 16.9. The summed E-state index contributed by atoms with van der Waals surface area (Å²) in [7, 11) is 0. The van der Waals surface area contributed by atoms with Crippen molar-refractivity contribution >= 4 is 17.5 Å². The maximum absolute atomic E-state index is 12.2. The first-order valence-corrected chi connectivity index (χ1v) is 8.04. The zero-order valence-corrected chi connectivity index (χ0v) is 14.2. The number of hydrogen-bond donors (Lipinski definition) is 2. The molecule has 1 unspecified atom stereocenters. The average molecular weight is 312 g/mol. The molecular weight excluding hydrogens is 288 g/mol. The molecule has 2 N–H and O–H groups in total. The van der Waals surface area contributed by atoms with Crippen LogP contribution in [0.25, 0.3) is 0 Å². The molecule has 1 atom stereocenters. The Hall–Kier alpha value is -2.43. The van der Waals surface area contributed by atoms with Crippen LogP contribution < -0.4 is 10.6 Å². The monoisotopic (exact) mass is 312 g/mol. The van der Waals surface area contributed by atoms with Crippen molar-refractivity contribution in [3.63, 3.8) is 0 Å². The Labute approximate surface area is 137 Å². The molecule has 0 fully saturated rings. The lowest BCUT2D eigenvalue weighted by Gasteiger charge is -2.12. The first-order valence-electron chi connectivity index (χ1n) is 8.04. The Morgan fingerprint density at radius 2 is 1.87 bits per heavy atom. The van der Waals surface area contributed by atoms with Gasteiger partial charge in [0.05, 0.1) is 0 Å². The van der Waals surface area contributed by atoms with E-state index in [1.807, 2.05) is 32.9 Å². The van der Waals surface area contributed by atoms with Crippen LogP contribution in [0.5, 0.6) is 0 Å². The molecule has 0 spiro atoms. The molecule has 0 bridgehead atoms. The van der Waals surface area contributed by atoms with E-state index in [0.717, 1.165) is 24.2 Å². The predicted octanol–water partition coefficient (Wildman–Crippen LogP) is 3.62. The SMILES string of the molecule is CCc1ccc(Nc2nc(C)cc(C(=O)NC(C)CC)n2)cc1. The fourth-order valence-corrected chi connectivity index (χ4v) is 2.09. The normalized spacial score (nSPS) is 11.8. The molecule has 0 aliphatic carbocycles. The molecule has 1 aromatic heterocycles. The van der Waals surface area contributed by atoms with Crippen LogP contribution in [0.15, 0.2) is 30.3 Å². The molecule has 2 rings (SSSR count). The van der Waals surface area contributed by atoms with Gasteiger partial charge < -0.3 is 10.6 Å². The van der Waals surface area contributed by atoms with Crippen molar-refractivity contribution in [2.45, 2.75) is 46.6 Å². The predicted molar refractivity (Wildman–Crippen MR) is 93.1 cm³/mol. The fraction of sp³-hybridized carbons (Fsp3) is 0.389. The molecule has 1 aromatic carbocycles. The molecule has 23 heavy (non-hydrogen) atoms. The third-order valence-corrected chi connectivity index (χ3v) is 3.70. The van der Waals surface area contributed by atoms with Gasteiger partial charge in [-0.05, 0) is 50.5 Å². The smallest absolute Gasteiger partial charge is 0.270 e. The zero-order chi connectivity index (χ0) is 16.8. The minimum atomic E-state index is -0.172. The van der Waals surface area contributed by atoms with Crippen molar-refractivity contribution in [2.24, 2.45) is 0 Å². The van der Waals surface area contributed by atoms with Crippen molar-refractivity contribution in [1.29, 1.82) is 0 Å². The van der Waals surface area contributed by atoms with E-state index >= 15 is 0 Å². The highest BCUT2D eigenvalue weighted by Gasteiger charge is 2.12. The topological polar surface area (TPSA) is 66.9 Å². The van der Waals surface area contributed by atoms with Gasteiger partial charge in [-0.1, -0.05) is 26.0 Å². The number of aromatic nitrogens is 2. The van der Waals surface area contributed by atoms with Crippen LogP contribution in [0, 0.1) is 6.92 Å². The summed E-state index contributed by atoms with van der Waals surface area (Å²) in [6.45, 7) is 7.98. The van der Waals surface area contributed by atoms with Gasteiger partial charge >= 0.3 is 0 Å². The molecule has 0 aliphatic rings. The molecule has 0 saturated carbocycles. The summed E-state index contributed by atoms with van der Waals surface area (Å²) in [6.07, 6.45) is 1.88. The standard InChI is InChI=1S/C18H24N4O/c1-5-12(3)19-17(23)16-11-13(4)20-18(22-16)21-15-9-7-14(6-2)8-10-15/h7-12H,5-6H2,1-4H3,(H,19,23)(H,20,21,22). The number of amides is 1. The number of hydrogen-bond acceptors (Lipinski definition) is 4. The van der Waals surface area contributed by atoms with E-state index in [2.05, 4.69) is 39.7 Å². The van der Waals surface area contributed by atoms with E-state index < -0.39 is 0 Å². The number of aryl methyl sites for hydroxylation is 2. The van der Waals surface area contributed by atoms with E-state index in [9.17, 15) is 4.79 Å². The number of carbonyl (C=O) groups excluding carboxylic acids is 1. The highest BCUT2D eigenvalue weighted by Crippen LogP contribution is 2.15. The summed E-state index contributed by atoms with van der Waals surface area (Å²) in [5.74, 6) is 0.262. The van der Waals surface area contributed by atoms with Crippen molar-refractivity contribution in [2.75, 3.05) is 5.32 Å². The van der Waals surface area contributed by atoms with Gasteiger partial charge in [-0.15, -0.1) is 0 Å². The Morgan fingerprint density at radius 1 is 1.17 bits per heavy atom. The van der Waals surface area contributed by atoms with E-state index in [1.54, 1.807) is 6.07 Å². The number of nitrogens with zero attached hydrogens (tertiary/aromatic N) is 2. The van der Waals surface area contributed by atoms with Gasteiger partial charge in [0.15, 0.2) is 0 Å². The number of anilines is 2. The molecular formula is C18H24N4O. The van der Waals surface area contributed by atoms with Crippen molar-refractivity contribution in [3.8, 4) is 0 Å². The molecule has 122 valence electrons. The number of rotatable bonds is 6. The third kappa shape index (κ3) is 4.77. The van der Waals surface area contributed by atoms with E-state index in [1.165, 1.54) is 5.56 Å². The van der Waals surface area contributed by atoms with Crippen molar-refractivity contribution < 1.29 is 4.79 Å². The maximum atomic E-state index is 12.2. The molecule has 2 aromatic rings. The second-order valence-corrected chi connectivity index (χ2v) is 5.68. The molecule has 5 nitrogen and oxygen atoms in total. The molecule has 0 aliphatic heterocycles. The Kier molecular flexibility index (Phi) is 5.68. The van der Waals surface area contributed by atoms with Gasteiger partial charge in [0.1, 0.15) is 5.69 Å². The molecule has 0 radical (unpaired) electrons. The van der Waals surface area contributed by atoms with Gasteiger partial charge in [0.2, 0.25) is 5.95 Å². The van der Waals surface area contributed by atoms with Crippen LogP contribution >= 0.6 is 0 Å². The quantitative estimate of drug-likeness (QED) is 0.855. The zero-order valence-electron chi connectivity index (χ0n) is 14.2. The lowest BCUT2D eigenvalue weighted by molar-refractivity contribution is 0.0934. The van der Waals surface area contributed by atoms with E-state index in [-0.39, 0.29) is 11.9 Å². The fourth-order valence-electron chi connectivity index (χ4n) is 2.09. The van der Waals surface area contributed by atoms with Gasteiger partial charge in [0, 0.05) is 17.4 Å². The van der Waals surface area contributed by atoms with Crippen LogP contribution in [0.2, 0.25) is 0 Å². The number of benzene rings is 1. The van der Waals surface area contributed by atoms with Crippen molar-refractivity contribution in [1.82, 2.24) is 15.3 Å². The van der Waals surface area contributed by atoms with Gasteiger partial charge in [-0.3, -0.25) is 4.79 Å². The number of nitrogens with one attached hydrogen (secondary N) is 2. The summed E-state index contributed by atoms with van der Waals surface area (Å²) >= 11 is 0. The number of carbonyl (C=O) groups is 1. The lowest BCUT2D eigenvalue weighted by atomic mass is 10.1. The summed E-state index contributed by atoms with van der Waals surface area (Å²) in [5.41, 5.74) is 3.31. The van der Waals surface area contributed by atoms with Crippen LogP contribution in [-0.4, -0.2) is 21.9 Å². The Balaban J connectivity index is 2.17.